The van der Waals surface area contributed by atoms with E-state index in [1.165, 1.54) is 0 Å². The normalized spacial score (nSPS) is 14.3. The van der Waals surface area contributed by atoms with Crippen molar-refractivity contribution in [1.82, 2.24) is 25.9 Å². The number of aromatic nitrogens is 2. The Labute approximate surface area is 248 Å². The number of aliphatic hydroxyl groups excluding tert-OH is 1. The summed E-state index contributed by atoms with van der Waals surface area (Å²) in [5, 5.41) is 28.9. The number of carbonyl (C=O) groups is 4. The van der Waals surface area contributed by atoms with Crippen LogP contribution in [0.3, 0.4) is 0 Å². The molecule has 0 saturated heterocycles. The number of H-pyrrole nitrogens is 2. The predicted molar refractivity (Wildman–Crippen MR) is 162 cm³/mol. The third-order valence-electron chi connectivity index (χ3n) is 7.32. The summed E-state index contributed by atoms with van der Waals surface area (Å²) in [6, 6.07) is 10.2. The molecule has 12 nitrogen and oxygen atoms in total. The van der Waals surface area contributed by atoms with Gasteiger partial charge in [-0.3, -0.25) is 14.4 Å². The molecule has 0 saturated carbocycles. The van der Waals surface area contributed by atoms with Crippen LogP contribution in [-0.4, -0.2) is 74.6 Å². The molecule has 4 rings (SSSR count). The lowest BCUT2D eigenvalue weighted by atomic mass is 9.99. The Kier molecular flexibility index (Phi) is 10.2. The number of hydrogen-bond donors (Lipinski definition) is 8. The molecule has 12 heteroatoms. The fourth-order valence-electron chi connectivity index (χ4n) is 5.06. The summed E-state index contributed by atoms with van der Waals surface area (Å²) in [7, 11) is 0. The van der Waals surface area contributed by atoms with Crippen molar-refractivity contribution in [2.45, 2.75) is 57.3 Å². The number of carbonyl (C=O) groups excluding carboxylic acids is 3. The smallest absolute Gasteiger partial charge is 0.326 e. The maximum Gasteiger partial charge on any atom is 0.326 e. The van der Waals surface area contributed by atoms with Gasteiger partial charge < -0.3 is 41.9 Å². The molecule has 0 aliphatic rings. The van der Waals surface area contributed by atoms with Crippen molar-refractivity contribution in [3.05, 3.63) is 72.1 Å². The van der Waals surface area contributed by atoms with Gasteiger partial charge in [0.2, 0.25) is 17.7 Å². The molecule has 9 N–H and O–H groups in total. The van der Waals surface area contributed by atoms with Crippen LogP contribution in [0, 0.1) is 5.92 Å². The molecule has 0 spiro atoms. The lowest BCUT2D eigenvalue weighted by Crippen LogP contribution is -2.58. The van der Waals surface area contributed by atoms with Crippen LogP contribution < -0.4 is 21.7 Å². The van der Waals surface area contributed by atoms with Gasteiger partial charge in [0.05, 0.1) is 6.61 Å². The summed E-state index contributed by atoms with van der Waals surface area (Å²) >= 11 is 0. The zero-order valence-electron chi connectivity index (χ0n) is 24.1. The van der Waals surface area contributed by atoms with Crippen LogP contribution in [0.5, 0.6) is 0 Å². The average molecular weight is 591 g/mol. The van der Waals surface area contributed by atoms with Crippen LogP contribution in [0.2, 0.25) is 0 Å². The van der Waals surface area contributed by atoms with Crippen molar-refractivity contribution >= 4 is 45.5 Å². The fraction of sp³-hybridized carbons (Fsp3) is 0.355. The molecule has 0 aliphatic heterocycles. The summed E-state index contributed by atoms with van der Waals surface area (Å²) in [6.45, 7) is 3.13. The molecule has 4 unspecified atom stereocenters. The molecule has 2 aromatic carbocycles. The second-order valence-electron chi connectivity index (χ2n) is 11.1. The standard InChI is InChI=1S/C31H38N6O6/c1-17(2)11-25(29(40)37-27(31(42)43)13-19-15-34-24-10-6-4-8-21(19)24)36-30(41)26(35-28(39)22(32)16-38)12-18-14-33-23-9-5-3-7-20(18)23/h3-10,14-15,17,22,25-27,33-34,38H,11-13,16,32H2,1-2H3,(H,35,39)(H,36,41)(H,37,40)(H,42,43). The zero-order chi connectivity index (χ0) is 31.1. The minimum atomic E-state index is -1.25. The number of amides is 3. The monoisotopic (exact) mass is 590 g/mol. The van der Waals surface area contributed by atoms with Gasteiger partial charge in [-0.2, -0.15) is 0 Å². The number of carboxylic acid groups (broad SMARTS) is 1. The first-order chi connectivity index (χ1) is 20.6. The summed E-state index contributed by atoms with van der Waals surface area (Å²) in [5.41, 5.74) is 8.88. The first-order valence-electron chi connectivity index (χ1n) is 14.2. The lowest BCUT2D eigenvalue weighted by molar-refractivity contribution is -0.142. The highest BCUT2D eigenvalue weighted by molar-refractivity contribution is 5.95. The maximum absolute atomic E-state index is 13.6. The number of nitrogens with one attached hydrogen (secondary N) is 5. The van der Waals surface area contributed by atoms with E-state index in [9.17, 15) is 29.4 Å². The molecule has 2 aromatic heterocycles. The van der Waals surface area contributed by atoms with Gasteiger partial charge in [0.15, 0.2) is 0 Å². The quantitative estimate of drug-likeness (QED) is 0.108. The largest absolute Gasteiger partial charge is 0.480 e. The van der Waals surface area contributed by atoms with E-state index in [0.29, 0.717) is 0 Å². The number of carboxylic acids is 1. The molecule has 0 bridgehead atoms. The number of aromatic amines is 2. The first kappa shape index (κ1) is 31.3. The van der Waals surface area contributed by atoms with Gasteiger partial charge >= 0.3 is 5.97 Å². The molecule has 228 valence electrons. The molecule has 43 heavy (non-hydrogen) atoms. The molecule has 2 heterocycles. The van der Waals surface area contributed by atoms with E-state index in [0.717, 1.165) is 32.9 Å². The Morgan fingerprint density at radius 3 is 1.72 bits per heavy atom. The number of para-hydroxylation sites is 2. The van der Waals surface area contributed by atoms with Crippen molar-refractivity contribution in [3.8, 4) is 0 Å². The molecule has 4 aromatic rings. The van der Waals surface area contributed by atoms with Crippen molar-refractivity contribution in [1.29, 1.82) is 0 Å². The fourth-order valence-corrected chi connectivity index (χ4v) is 5.06. The second kappa shape index (κ2) is 14.0. The molecule has 4 atom stereocenters. The van der Waals surface area contributed by atoms with E-state index in [1.54, 1.807) is 12.4 Å². The van der Waals surface area contributed by atoms with Gasteiger partial charge in [-0.25, -0.2) is 4.79 Å². The van der Waals surface area contributed by atoms with Crippen molar-refractivity contribution < 1.29 is 29.4 Å². The third-order valence-corrected chi connectivity index (χ3v) is 7.32. The Morgan fingerprint density at radius 1 is 0.744 bits per heavy atom. The van der Waals surface area contributed by atoms with Gasteiger partial charge in [-0.1, -0.05) is 50.2 Å². The van der Waals surface area contributed by atoms with E-state index in [1.807, 2.05) is 62.4 Å². The Balaban J connectivity index is 1.53. The highest BCUT2D eigenvalue weighted by Crippen LogP contribution is 2.21. The number of nitrogens with two attached hydrogens (primary N) is 1. The van der Waals surface area contributed by atoms with Crippen LogP contribution in [0.1, 0.15) is 31.4 Å². The Bertz CT molecular complexity index is 1590. The summed E-state index contributed by atoms with van der Waals surface area (Å²) in [5.74, 6) is -3.27. The number of hydrogen-bond acceptors (Lipinski definition) is 6. The number of rotatable bonds is 14. The average Bonchev–Trinajstić information content (AvgIpc) is 3.59. The molecular weight excluding hydrogens is 552 g/mol. The van der Waals surface area contributed by atoms with Crippen LogP contribution in [0.15, 0.2) is 60.9 Å². The molecular formula is C31H38N6O6. The van der Waals surface area contributed by atoms with E-state index < -0.39 is 54.5 Å². The maximum atomic E-state index is 13.6. The summed E-state index contributed by atoms with van der Waals surface area (Å²) in [6.07, 6.45) is 3.79. The van der Waals surface area contributed by atoms with Gasteiger partial charge in [0, 0.05) is 47.0 Å². The highest BCUT2D eigenvalue weighted by atomic mass is 16.4. The second-order valence-corrected chi connectivity index (χ2v) is 11.1. The van der Waals surface area contributed by atoms with E-state index in [2.05, 4.69) is 25.9 Å². The van der Waals surface area contributed by atoms with Crippen molar-refractivity contribution in [2.24, 2.45) is 11.7 Å². The van der Waals surface area contributed by atoms with Crippen LogP contribution in [0.4, 0.5) is 0 Å². The highest BCUT2D eigenvalue weighted by Gasteiger charge is 2.31. The summed E-state index contributed by atoms with van der Waals surface area (Å²) in [4.78, 5) is 58.1. The van der Waals surface area contributed by atoms with E-state index in [4.69, 9.17) is 5.73 Å². The zero-order valence-corrected chi connectivity index (χ0v) is 24.1. The minimum Gasteiger partial charge on any atom is -0.480 e. The topological polar surface area (TPSA) is 202 Å². The van der Waals surface area contributed by atoms with Gasteiger partial charge in [-0.05, 0) is 35.6 Å². The molecule has 0 aliphatic carbocycles. The van der Waals surface area contributed by atoms with Crippen molar-refractivity contribution in [2.75, 3.05) is 6.61 Å². The van der Waals surface area contributed by atoms with E-state index in [-0.39, 0.29) is 25.2 Å². The Morgan fingerprint density at radius 2 is 1.21 bits per heavy atom. The SMILES string of the molecule is CC(C)CC(NC(=O)C(Cc1c[nH]c2ccccc12)NC(=O)C(N)CO)C(=O)NC(Cc1c[nH]c2ccccc12)C(=O)O. The van der Waals surface area contributed by atoms with Crippen LogP contribution in [-0.2, 0) is 32.0 Å². The van der Waals surface area contributed by atoms with Gasteiger partial charge in [-0.15, -0.1) is 0 Å². The first-order valence-corrected chi connectivity index (χ1v) is 14.2. The minimum absolute atomic E-state index is 0.0302. The van der Waals surface area contributed by atoms with Crippen LogP contribution in [0.25, 0.3) is 21.8 Å². The number of aliphatic hydroxyl groups is 1. The number of benzene rings is 2. The molecule has 3 amide bonds. The van der Waals surface area contributed by atoms with E-state index >= 15 is 0 Å². The third kappa shape index (κ3) is 7.79. The number of aliphatic carboxylic acids is 1. The molecule has 0 fully saturated rings. The Hall–Kier alpha value is -4.68. The van der Waals surface area contributed by atoms with Gasteiger partial charge in [0.1, 0.15) is 24.2 Å². The van der Waals surface area contributed by atoms with Crippen molar-refractivity contribution in [3.63, 3.8) is 0 Å². The van der Waals surface area contributed by atoms with Crippen LogP contribution >= 0.6 is 0 Å². The lowest BCUT2D eigenvalue weighted by Gasteiger charge is -2.26. The number of fused-ring (bicyclic) bond motifs is 2. The molecule has 0 radical (unpaired) electrons. The van der Waals surface area contributed by atoms with Gasteiger partial charge in [0.25, 0.3) is 0 Å². The predicted octanol–water partition coefficient (Wildman–Crippen LogP) is 1.34. The summed E-state index contributed by atoms with van der Waals surface area (Å²) < 4.78 is 0.